The van der Waals surface area contributed by atoms with Crippen LogP contribution < -0.4 is 9.80 Å². The summed E-state index contributed by atoms with van der Waals surface area (Å²) in [4.78, 5) is 36.1. The first kappa shape index (κ1) is 36.8. The lowest BCUT2D eigenvalue weighted by Crippen LogP contribution is -2.18. The number of aromatic nitrogens is 6. The zero-order valence-corrected chi connectivity index (χ0v) is 29.9. The predicted molar refractivity (Wildman–Crippen MR) is 197 cm³/mol. The molecule has 2 aromatic heterocycles. The molecular formula is C39H42N8O5. The Morgan fingerprint density at radius 2 is 1.06 bits per heavy atom. The molecular weight excluding hydrogens is 660 g/mol. The number of phenolic OH excluding ortho intramolecular Hbond substituents is 1. The van der Waals surface area contributed by atoms with E-state index in [1.54, 1.807) is 46.3 Å². The number of carbonyl (C=O) groups is 2. The molecule has 0 spiro atoms. The molecule has 2 heterocycles. The highest BCUT2D eigenvalue weighted by molar-refractivity contribution is 5.91. The third-order valence-electron chi connectivity index (χ3n) is 8.20. The summed E-state index contributed by atoms with van der Waals surface area (Å²) in [5, 5.41) is 17.7. The zero-order valence-electron chi connectivity index (χ0n) is 29.9. The van der Waals surface area contributed by atoms with Crippen molar-refractivity contribution in [3.63, 3.8) is 0 Å². The number of hydrogen-bond donors (Lipinski definition) is 1. The van der Waals surface area contributed by atoms with Crippen LogP contribution in [0.5, 0.6) is 5.75 Å². The van der Waals surface area contributed by atoms with Gasteiger partial charge in [-0.3, -0.25) is 0 Å². The molecule has 0 saturated heterocycles. The highest BCUT2D eigenvalue weighted by Crippen LogP contribution is 2.24. The molecule has 13 heteroatoms. The Labute approximate surface area is 302 Å². The highest BCUT2D eigenvalue weighted by Gasteiger charge is 2.14. The van der Waals surface area contributed by atoms with Crippen LogP contribution >= 0.6 is 0 Å². The molecule has 13 nitrogen and oxygen atoms in total. The molecule has 0 saturated carbocycles. The molecule has 0 atom stereocenters. The van der Waals surface area contributed by atoms with E-state index in [0.717, 1.165) is 34.6 Å². The minimum Gasteiger partial charge on any atom is -0.508 e. The second kappa shape index (κ2) is 17.4. The quantitative estimate of drug-likeness (QED) is 0.161. The molecule has 4 aromatic carbocycles. The van der Waals surface area contributed by atoms with Gasteiger partial charge >= 0.3 is 11.9 Å². The van der Waals surface area contributed by atoms with E-state index in [-0.39, 0.29) is 17.7 Å². The van der Waals surface area contributed by atoms with Gasteiger partial charge < -0.3 is 24.4 Å². The van der Waals surface area contributed by atoms with E-state index in [1.165, 1.54) is 38.0 Å². The van der Waals surface area contributed by atoms with Crippen molar-refractivity contribution in [1.82, 2.24) is 29.5 Å². The van der Waals surface area contributed by atoms with Crippen LogP contribution in [0, 0.1) is 6.92 Å². The summed E-state index contributed by atoms with van der Waals surface area (Å²) in [6.07, 6.45) is 6.25. The number of aryl methyl sites for hydroxylation is 1. The maximum atomic E-state index is 12.1. The van der Waals surface area contributed by atoms with Gasteiger partial charge in [0.2, 0.25) is 0 Å². The fourth-order valence-corrected chi connectivity index (χ4v) is 5.47. The van der Waals surface area contributed by atoms with Gasteiger partial charge in [0, 0.05) is 38.6 Å². The van der Waals surface area contributed by atoms with Crippen LogP contribution in [0.4, 0.5) is 11.4 Å². The van der Waals surface area contributed by atoms with Gasteiger partial charge in [0.05, 0.1) is 38.4 Å². The van der Waals surface area contributed by atoms with E-state index < -0.39 is 0 Å². The van der Waals surface area contributed by atoms with Gasteiger partial charge in [-0.15, -0.1) is 0 Å². The summed E-state index contributed by atoms with van der Waals surface area (Å²) in [5.74, 6) is -0.501. The van der Waals surface area contributed by atoms with Crippen LogP contribution in [-0.4, -0.2) is 74.9 Å². The fraction of sp³-hybridized carbons (Fsp3) is 0.231. The minimum absolute atomic E-state index is 0.235. The maximum Gasteiger partial charge on any atom is 0.337 e. The normalized spacial score (nSPS) is 10.6. The van der Waals surface area contributed by atoms with Crippen molar-refractivity contribution < 1.29 is 24.2 Å². The van der Waals surface area contributed by atoms with E-state index in [0.29, 0.717) is 30.8 Å². The molecule has 6 rings (SSSR count). The third-order valence-corrected chi connectivity index (χ3v) is 8.20. The number of ether oxygens (including phenoxy) is 2. The first-order valence-corrected chi connectivity index (χ1v) is 16.4. The fourth-order valence-electron chi connectivity index (χ4n) is 5.47. The summed E-state index contributed by atoms with van der Waals surface area (Å²) in [6, 6.07) is 26.8. The Balaban J connectivity index is 0.000000201. The number of hydrogen-bond acceptors (Lipinski definition) is 11. The molecule has 0 aliphatic rings. The SMILES string of the molecule is COC(=O)c1cc(Cn2cncn2)cc(N(C)Cc2ccc(C)cc2)c1.COC(=O)c1cc(Cn2cncn2)cc(N(C)Cc2ccc(O)cc2)c1. The second-order valence-corrected chi connectivity index (χ2v) is 12.3. The van der Waals surface area contributed by atoms with Crippen molar-refractivity contribution in [3.05, 3.63) is 149 Å². The lowest BCUT2D eigenvalue weighted by atomic mass is 10.1. The molecule has 0 unspecified atom stereocenters. The van der Waals surface area contributed by atoms with Crippen molar-refractivity contribution in [2.24, 2.45) is 0 Å². The largest absolute Gasteiger partial charge is 0.508 e. The lowest BCUT2D eigenvalue weighted by molar-refractivity contribution is 0.0592. The Bertz CT molecular complexity index is 1900. The van der Waals surface area contributed by atoms with Crippen molar-refractivity contribution in [2.45, 2.75) is 33.1 Å². The van der Waals surface area contributed by atoms with Gasteiger partial charge in [0.15, 0.2) is 0 Å². The van der Waals surface area contributed by atoms with Crippen LogP contribution in [-0.2, 0) is 35.7 Å². The average molecular weight is 703 g/mol. The Kier molecular flexibility index (Phi) is 12.3. The number of phenols is 1. The number of aromatic hydroxyl groups is 1. The van der Waals surface area contributed by atoms with E-state index in [9.17, 15) is 14.7 Å². The summed E-state index contributed by atoms with van der Waals surface area (Å²) < 4.78 is 13.2. The number of esters is 2. The number of methoxy groups -OCH3 is 2. The van der Waals surface area contributed by atoms with Gasteiger partial charge in [0.1, 0.15) is 31.1 Å². The van der Waals surface area contributed by atoms with E-state index >= 15 is 0 Å². The van der Waals surface area contributed by atoms with Gasteiger partial charge in [-0.25, -0.2) is 28.9 Å². The molecule has 0 fully saturated rings. The Morgan fingerprint density at radius 1 is 0.635 bits per heavy atom. The van der Waals surface area contributed by atoms with Crippen LogP contribution in [0.3, 0.4) is 0 Å². The molecule has 0 aliphatic carbocycles. The van der Waals surface area contributed by atoms with Gasteiger partial charge in [0.25, 0.3) is 0 Å². The number of rotatable bonds is 12. The predicted octanol–water partition coefficient (Wildman–Crippen LogP) is 5.51. The molecule has 0 amide bonds. The summed E-state index contributed by atoms with van der Waals surface area (Å²) in [5.41, 5.74) is 8.22. The van der Waals surface area contributed by atoms with Crippen molar-refractivity contribution in [1.29, 1.82) is 0 Å². The van der Waals surface area contributed by atoms with Crippen molar-refractivity contribution in [3.8, 4) is 5.75 Å². The molecule has 1 N–H and O–H groups in total. The van der Waals surface area contributed by atoms with Crippen molar-refractivity contribution >= 4 is 23.3 Å². The zero-order chi connectivity index (χ0) is 37.0. The van der Waals surface area contributed by atoms with E-state index in [1.807, 2.05) is 49.3 Å². The van der Waals surface area contributed by atoms with E-state index in [2.05, 4.69) is 62.3 Å². The standard InChI is InChI=1S/C20H22N4O2.C19H20N4O3/c1-15-4-6-16(7-5-15)11-23(2)19-9-17(12-24-14-21-13-22-24)8-18(10-19)20(25)26-3;1-22(10-14-3-5-18(24)6-4-14)17-8-15(11-23-13-20-12-21-23)7-16(9-17)19(25)26-2/h4-10,13-14H,11-12H2,1-3H3;3-9,12-13,24H,10-11H2,1-2H3. The Hall–Kier alpha value is -6.50. The number of nitrogens with zero attached hydrogens (tertiary/aromatic N) is 8. The minimum atomic E-state index is -0.385. The van der Waals surface area contributed by atoms with Crippen LogP contribution in [0.2, 0.25) is 0 Å². The number of anilines is 2. The number of carbonyl (C=O) groups excluding carboxylic acids is 2. The second-order valence-electron chi connectivity index (χ2n) is 12.3. The first-order chi connectivity index (χ1) is 25.1. The lowest BCUT2D eigenvalue weighted by Gasteiger charge is -2.21. The molecule has 268 valence electrons. The summed E-state index contributed by atoms with van der Waals surface area (Å²) in [7, 11) is 6.71. The van der Waals surface area contributed by atoms with Crippen LogP contribution in [0.1, 0.15) is 48.5 Å². The average Bonchev–Trinajstić information content (AvgIpc) is 3.87. The smallest absolute Gasteiger partial charge is 0.337 e. The first-order valence-electron chi connectivity index (χ1n) is 16.4. The third kappa shape index (κ3) is 10.3. The molecule has 52 heavy (non-hydrogen) atoms. The maximum absolute atomic E-state index is 12.1. The van der Waals surface area contributed by atoms with Crippen LogP contribution in [0.25, 0.3) is 0 Å². The Morgan fingerprint density at radius 3 is 1.44 bits per heavy atom. The molecule has 0 radical (unpaired) electrons. The van der Waals surface area contributed by atoms with Gasteiger partial charge in [-0.1, -0.05) is 42.0 Å². The molecule has 6 aromatic rings. The van der Waals surface area contributed by atoms with E-state index in [4.69, 9.17) is 9.47 Å². The summed E-state index contributed by atoms with van der Waals surface area (Å²) in [6.45, 7) is 4.49. The van der Waals surface area contributed by atoms with Crippen LogP contribution in [0.15, 0.2) is 110 Å². The van der Waals surface area contributed by atoms with Gasteiger partial charge in [-0.05, 0) is 77.7 Å². The highest BCUT2D eigenvalue weighted by atomic mass is 16.5. The topological polar surface area (TPSA) is 141 Å². The van der Waals surface area contributed by atoms with Gasteiger partial charge in [-0.2, -0.15) is 10.2 Å². The number of benzene rings is 4. The van der Waals surface area contributed by atoms with Crippen molar-refractivity contribution in [2.75, 3.05) is 38.1 Å². The summed E-state index contributed by atoms with van der Waals surface area (Å²) >= 11 is 0. The molecule has 0 aliphatic heterocycles. The molecule has 0 bridgehead atoms. The monoisotopic (exact) mass is 702 g/mol.